The molecule has 3 amide bonds. The molecule has 2 heterocycles. The summed E-state index contributed by atoms with van der Waals surface area (Å²) in [6.45, 7) is 2.40. The molecule has 4 rings (SSSR count). The van der Waals surface area contributed by atoms with Gasteiger partial charge in [0.2, 0.25) is 11.8 Å². The number of amides is 3. The van der Waals surface area contributed by atoms with Crippen molar-refractivity contribution in [3.63, 3.8) is 0 Å². The quantitative estimate of drug-likeness (QED) is 0.634. The van der Waals surface area contributed by atoms with Gasteiger partial charge in [-0.2, -0.15) is 0 Å². The van der Waals surface area contributed by atoms with E-state index in [0.717, 1.165) is 31.2 Å². The van der Waals surface area contributed by atoms with Crippen molar-refractivity contribution in [1.82, 2.24) is 15.1 Å². The molecule has 1 aliphatic carbocycles. The van der Waals surface area contributed by atoms with E-state index in [0.29, 0.717) is 30.8 Å². The SMILES string of the molecule is CC(=O)N1CC(N(CCc2ccccc2)C(=O)c2cccs2)CC1C(=O)NC1CCC(N)CC1. The smallest absolute Gasteiger partial charge is 0.264 e. The van der Waals surface area contributed by atoms with Crippen LogP contribution in [0.2, 0.25) is 0 Å². The normalized spacial score (nSPS) is 24.6. The number of carbonyl (C=O) groups is 3. The van der Waals surface area contributed by atoms with Crippen molar-refractivity contribution in [2.24, 2.45) is 5.73 Å². The highest BCUT2D eigenvalue weighted by molar-refractivity contribution is 7.12. The Morgan fingerprint density at radius 2 is 1.82 bits per heavy atom. The molecule has 1 saturated heterocycles. The number of nitrogens with one attached hydrogen (secondary N) is 1. The molecule has 8 heteroatoms. The monoisotopic (exact) mass is 482 g/mol. The van der Waals surface area contributed by atoms with Crippen LogP contribution in [-0.4, -0.2) is 64.8 Å². The average molecular weight is 483 g/mol. The molecule has 2 aromatic rings. The van der Waals surface area contributed by atoms with Crippen molar-refractivity contribution in [1.29, 1.82) is 0 Å². The number of benzene rings is 1. The van der Waals surface area contributed by atoms with Crippen molar-refractivity contribution in [3.8, 4) is 0 Å². The fraction of sp³-hybridized carbons (Fsp3) is 0.500. The maximum Gasteiger partial charge on any atom is 0.264 e. The Balaban J connectivity index is 1.49. The van der Waals surface area contributed by atoms with E-state index in [-0.39, 0.29) is 35.8 Å². The zero-order valence-corrected chi connectivity index (χ0v) is 20.5. The van der Waals surface area contributed by atoms with Gasteiger partial charge in [-0.3, -0.25) is 14.4 Å². The van der Waals surface area contributed by atoms with Crippen LogP contribution >= 0.6 is 11.3 Å². The van der Waals surface area contributed by atoms with Crippen molar-refractivity contribution in [3.05, 3.63) is 58.3 Å². The summed E-state index contributed by atoms with van der Waals surface area (Å²) >= 11 is 1.42. The molecule has 2 fully saturated rings. The lowest BCUT2D eigenvalue weighted by molar-refractivity contribution is -0.137. The van der Waals surface area contributed by atoms with E-state index in [2.05, 4.69) is 17.4 Å². The van der Waals surface area contributed by atoms with Gasteiger partial charge in [0, 0.05) is 32.1 Å². The summed E-state index contributed by atoms with van der Waals surface area (Å²) in [6.07, 6.45) is 4.69. The van der Waals surface area contributed by atoms with Gasteiger partial charge >= 0.3 is 0 Å². The number of hydrogen-bond acceptors (Lipinski definition) is 5. The van der Waals surface area contributed by atoms with E-state index in [1.165, 1.54) is 18.3 Å². The standard InChI is InChI=1S/C26H34N4O3S/c1-18(31)30-17-22(16-23(30)25(32)28-21-11-9-20(27)10-12-21)29(26(33)24-8-5-15-34-24)14-13-19-6-3-2-4-7-19/h2-8,15,20-23H,9-14,16-17,27H2,1H3,(H,28,32). The molecule has 0 spiro atoms. The molecule has 2 atom stereocenters. The predicted octanol–water partition coefficient (Wildman–Crippen LogP) is 2.81. The van der Waals surface area contributed by atoms with Crippen molar-refractivity contribution in [2.75, 3.05) is 13.1 Å². The molecule has 0 bridgehead atoms. The largest absolute Gasteiger partial charge is 0.352 e. The summed E-state index contributed by atoms with van der Waals surface area (Å²) in [6, 6.07) is 13.3. The highest BCUT2D eigenvalue weighted by atomic mass is 32.1. The highest BCUT2D eigenvalue weighted by Crippen LogP contribution is 2.27. The topological polar surface area (TPSA) is 95.7 Å². The summed E-state index contributed by atoms with van der Waals surface area (Å²) in [4.78, 5) is 43.3. The first-order valence-corrected chi connectivity index (χ1v) is 13.0. The minimum Gasteiger partial charge on any atom is -0.352 e. The lowest BCUT2D eigenvalue weighted by atomic mass is 9.91. The molecule has 7 nitrogen and oxygen atoms in total. The van der Waals surface area contributed by atoms with Gasteiger partial charge in [0.15, 0.2) is 0 Å². The molecule has 3 N–H and O–H groups in total. The van der Waals surface area contributed by atoms with E-state index < -0.39 is 6.04 Å². The molecule has 34 heavy (non-hydrogen) atoms. The van der Waals surface area contributed by atoms with E-state index in [1.54, 1.807) is 4.90 Å². The first kappa shape index (κ1) is 24.4. The Hall–Kier alpha value is -2.71. The average Bonchev–Trinajstić information content (AvgIpc) is 3.52. The van der Waals surface area contributed by atoms with Crippen molar-refractivity contribution >= 4 is 29.1 Å². The number of nitrogens with two attached hydrogens (primary N) is 1. The van der Waals surface area contributed by atoms with Crippen LogP contribution in [0.3, 0.4) is 0 Å². The number of thiophene rings is 1. The molecule has 2 aliphatic rings. The zero-order chi connectivity index (χ0) is 24.1. The molecule has 0 radical (unpaired) electrons. The van der Waals surface area contributed by atoms with Gasteiger partial charge in [-0.05, 0) is 55.5 Å². The molecular weight excluding hydrogens is 448 g/mol. The highest BCUT2D eigenvalue weighted by Gasteiger charge is 2.42. The summed E-state index contributed by atoms with van der Waals surface area (Å²) in [7, 11) is 0. The summed E-state index contributed by atoms with van der Waals surface area (Å²) in [5.74, 6) is -0.300. The van der Waals surface area contributed by atoms with E-state index >= 15 is 0 Å². The van der Waals surface area contributed by atoms with Crippen LogP contribution in [0.1, 0.15) is 54.3 Å². The second-order valence-electron chi connectivity index (χ2n) is 9.41. The number of nitrogens with zero attached hydrogens (tertiary/aromatic N) is 2. The summed E-state index contributed by atoms with van der Waals surface area (Å²) < 4.78 is 0. The maximum absolute atomic E-state index is 13.4. The van der Waals surface area contributed by atoms with Crippen molar-refractivity contribution in [2.45, 2.75) is 69.6 Å². The van der Waals surface area contributed by atoms with Gasteiger partial charge in [0.1, 0.15) is 6.04 Å². The molecule has 1 saturated carbocycles. The zero-order valence-electron chi connectivity index (χ0n) is 19.7. The summed E-state index contributed by atoms with van der Waals surface area (Å²) in [5, 5.41) is 5.04. The Bertz CT molecular complexity index is 973. The van der Waals surface area contributed by atoms with Crippen LogP contribution in [-0.2, 0) is 16.0 Å². The van der Waals surface area contributed by atoms with Gasteiger partial charge < -0.3 is 20.9 Å². The first-order chi connectivity index (χ1) is 16.4. The third-order valence-electron chi connectivity index (χ3n) is 7.02. The second-order valence-corrected chi connectivity index (χ2v) is 10.4. The fourth-order valence-corrected chi connectivity index (χ4v) is 5.76. The molecule has 1 aromatic carbocycles. The van der Waals surface area contributed by atoms with Crippen LogP contribution in [0, 0.1) is 0 Å². The molecule has 1 aromatic heterocycles. The lowest BCUT2D eigenvalue weighted by Crippen LogP contribution is -2.49. The number of hydrogen-bond donors (Lipinski definition) is 2. The lowest BCUT2D eigenvalue weighted by Gasteiger charge is -2.29. The second kappa shape index (κ2) is 11.1. The third kappa shape index (κ3) is 5.85. The summed E-state index contributed by atoms with van der Waals surface area (Å²) in [5.41, 5.74) is 7.15. The Morgan fingerprint density at radius 1 is 1.09 bits per heavy atom. The first-order valence-electron chi connectivity index (χ1n) is 12.1. The van der Waals surface area contributed by atoms with Gasteiger partial charge in [-0.25, -0.2) is 0 Å². The van der Waals surface area contributed by atoms with E-state index in [9.17, 15) is 14.4 Å². The van der Waals surface area contributed by atoms with E-state index in [4.69, 9.17) is 5.73 Å². The number of carbonyl (C=O) groups excluding carboxylic acids is 3. The van der Waals surface area contributed by atoms with Crippen molar-refractivity contribution < 1.29 is 14.4 Å². The Labute approximate surface area is 205 Å². The van der Waals surface area contributed by atoms with Gasteiger partial charge in [-0.1, -0.05) is 36.4 Å². The molecule has 1 aliphatic heterocycles. The number of rotatable bonds is 7. The van der Waals surface area contributed by atoms with Gasteiger partial charge in [-0.15, -0.1) is 11.3 Å². The van der Waals surface area contributed by atoms with Crippen LogP contribution in [0.5, 0.6) is 0 Å². The van der Waals surface area contributed by atoms with Crippen LogP contribution in [0.15, 0.2) is 47.8 Å². The molecule has 182 valence electrons. The number of likely N-dealkylation sites (tertiary alicyclic amines) is 1. The molecular formula is C26H34N4O3S. The molecule has 2 unspecified atom stereocenters. The van der Waals surface area contributed by atoms with Gasteiger partial charge in [0.25, 0.3) is 5.91 Å². The van der Waals surface area contributed by atoms with Crippen LogP contribution < -0.4 is 11.1 Å². The third-order valence-corrected chi connectivity index (χ3v) is 7.88. The minimum absolute atomic E-state index is 0.0400. The fourth-order valence-electron chi connectivity index (χ4n) is 5.08. The van der Waals surface area contributed by atoms with Crippen LogP contribution in [0.25, 0.3) is 0 Å². The van der Waals surface area contributed by atoms with Gasteiger partial charge in [0.05, 0.1) is 10.9 Å². The Morgan fingerprint density at radius 3 is 2.47 bits per heavy atom. The Kier molecular flexibility index (Phi) is 8.00. The maximum atomic E-state index is 13.4. The van der Waals surface area contributed by atoms with Crippen LogP contribution in [0.4, 0.5) is 0 Å². The predicted molar refractivity (Wildman–Crippen MR) is 133 cm³/mol. The minimum atomic E-state index is -0.562. The van der Waals surface area contributed by atoms with E-state index in [1.807, 2.05) is 40.6 Å².